The van der Waals surface area contributed by atoms with E-state index in [9.17, 15) is 9.59 Å². The number of ether oxygens (including phenoxy) is 1. The Hall–Kier alpha value is -3.13. The Bertz CT molecular complexity index is 974. The molecule has 1 aromatic carbocycles. The van der Waals surface area contributed by atoms with Crippen LogP contribution in [0, 0.1) is 0 Å². The molecule has 1 aliphatic rings. The molecule has 0 atom stereocenters. The summed E-state index contributed by atoms with van der Waals surface area (Å²) in [4.78, 5) is 31.1. The highest BCUT2D eigenvalue weighted by atomic mass is 32.1. The van der Waals surface area contributed by atoms with E-state index in [2.05, 4.69) is 10.3 Å². The number of furan rings is 1. The van der Waals surface area contributed by atoms with Gasteiger partial charge in [-0.2, -0.15) is 0 Å². The lowest BCUT2D eigenvalue weighted by Gasteiger charge is -2.31. The molecule has 1 aliphatic heterocycles. The topological polar surface area (TPSA) is 84.7 Å². The van der Waals surface area contributed by atoms with Crippen molar-refractivity contribution in [1.29, 1.82) is 0 Å². The van der Waals surface area contributed by atoms with Crippen LogP contribution in [0.25, 0.3) is 10.6 Å². The first-order valence-electron chi connectivity index (χ1n) is 9.37. The van der Waals surface area contributed by atoms with Gasteiger partial charge in [0.1, 0.15) is 16.5 Å². The maximum absolute atomic E-state index is 12.6. The summed E-state index contributed by atoms with van der Waals surface area (Å²) in [5.74, 6) is 0.835. The van der Waals surface area contributed by atoms with Crippen LogP contribution in [0.15, 0.2) is 52.5 Å². The first-order chi connectivity index (χ1) is 14.1. The standard InChI is InChI=1S/C21H21N3O4S/c1-27-16-6-4-14(5-7-16)20-23-17(13-29-20)19(25)22-15-8-10-24(11-9-15)21(26)18-3-2-12-28-18/h2-7,12-13,15H,8-11H2,1H3,(H,22,25). The van der Waals surface area contributed by atoms with Crippen molar-refractivity contribution in [2.45, 2.75) is 18.9 Å². The second-order valence-corrected chi connectivity index (χ2v) is 7.64. The molecule has 1 N–H and O–H groups in total. The third kappa shape index (κ3) is 4.32. The number of hydrogen-bond acceptors (Lipinski definition) is 6. The lowest BCUT2D eigenvalue weighted by molar-refractivity contribution is 0.0667. The van der Waals surface area contributed by atoms with Gasteiger partial charge < -0.3 is 19.4 Å². The van der Waals surface area contributed by atoms with Gasteiger partial charge in [0.2, 0.25) is 0 Å². The Labute approximate surface area is 172 Å². The molecular weight excluding hydrogens is 390 g/mol. The molecule has 0 aliphatic carbocycles. The van der Waals surface area contributed by atoms with Gasteiger partial charge in [-0.15, -0.1) is 11.3 Å². The molecule has 0 saturated carbocycles. The van der Waals surface area contributed by atoms with Crippen molar-refractivity contribution in [3.63, 3.8) is 0 Å². The summed E-state index contributed by atoms with van der Waals surface area (Å²) < 4.78 is 10.3. The minimum Gasteiger partial charge on any atom is -0.497 e. The number of methoxy groups -OCH3 is 1. The number of hydrogen-bond donors (Lipinski definition) is 1. The van der Waals surface area contributed by atoms with Crippen LogP contribution in [-0.4, -0.2) is 47.9 Å². The molecule has 29 heavy (non-hydrogen) atoms. The Kier molecular flexibility index (Phi) is 5.62. The summed E-state index contributed by atoms with van der Waals surface area (Å²) in [5, 5.41) is 5.59. The van der Waals surface area contributed by atoms with Gasteiger partial charge in [-0.05, 0) is 49.2 Å². The summed E-state index contributed by atoms with van der Waals surface area (Å²) in [7, 11) is 1.62. The van der Waals surface area contributed by atoms with Crippen molar-refractivity contribution in [2.75, 3.05) is 20.2 Å². The quantitative estimate of drug-likeness (QED) is 0.695. The zero-order chi connectivity index (χ0) is 20.2. The normalized spacial score (nSPS) is 14.6. The highest BCUT2D eigenvalue weighted by molar-refractivity contribution is 7.13. The molecule has 0 radical (unpaired) electrons. The van der Waals surface area contributed by atoms with E-state index in [1.54, 1.807) is 29.5 Å². The molecule has 150 valence electrons. The van der Waals surface area contributed by atoms with Crippen LogP contribution in [0.5, 0.6) is 5.75 Å². The number of aromatic nitrogens is 1. The summed E-state index contributed by atoms with van der Waals surface area (Å²) in [5.41, 5.74) is 1.36. The lowest BCUT2D eigenvalue weighted by atomic mass is 10.0. The smallest absolute Gasteiger partial charge is 0.289 e. The van der Waals surface area contributed by atoms with Gasteiger partial charge in [0.05, 0.1) is 13.4 Å². The van der Waals surface area contributed by atoms with Crippen molar-refractivity contribution in [3.05, 3.63) is 59.5 Å². The van der Waals surface area contributed by atoms with Crippen molar-refractivity contribution in [3.8, 4) is 16.3 Å². The van der Waals surface area contributed by atoms with Crippen LogP contribution >= 0.6 is 11.3 Å². The molecule has 7 nitrogen and oxygen atoms in total. The number of piperidine rings is 1. The number of rotatable bonds is 5. The average Bonchev–Trinajstić information content (AvgIpc) is 3.46. The Balaban J connectivity index is 1.32. The van der Waals surface area contributed by atoms with Crippen LogP contribution in [0.1, 0.15) is 33.9 Å². The second-order valence-electron chi connectivity index (χ2n) is 6.78. The zero-order valence-electron chi connectivity index (χ0n) is 16.0. The van der Waals surface area contributed by atoms with E-state index in [4.69, 9.17) is 9.15 Å². The predicted octanol–water partition coefficient (Wildman–Crippen LogP) is 3.45. The van der Waals surface area contributed by atoms with Gasteiger partial charge >= 0.3 is 0 Å². The van der Waals surface area contributed by atoms with E-state index in [-0.39, 0.29) is 17.9 Å². The van der Waals surface area contributed by atoms with Crippen molar-refractivity contribution < 1.29 is 18.7 Å². The first kappa shape index (κ1) is 19.2. The molecule has 3 aromatic rings. The SMILES string of the molecule is COc1ccc(-c2nc(C(=O)NC3CCN(C(=O)c4ccco4)CC3)cs2)cc1. The third-order valence-electron chi connectivity index (χ3n) is 4.92. The molecule has 3 heterocycles. The summed E-state index contributed by atoms with van der Waals surface area (Å²) in [6, 6.07) is 11.0. The Morgan fingerprint density at radius 2 is 1.97 bits per heavy atom. The van der Waals surface area contributed by atoms with Gasteiger partial charge in [-0.1, -0.05) is 0 Å². The maximum atomic E-state index is 12.6. The number of thiazole rings is 1. The fourth-order valence-electron chi connectivity index (χ4n) is 3.29. The summed E-state index contributed by atoms with van der Waals surface area (Å²) in [6.45, 7) is 1.16. The van der Waals surface area contributed by atoms with Crippen LogP contribution in [-0.2, 0) is 0 Å². The minimum absolute atomic E-state index is 0.0225. The molecule has 1 fully saturated rings. The van der Waals surface area contributed by atoms with Gasteiger partial charge in [0, 0.05) is 30.1 Å². The number of nitrogens with one attached hydrogen (secondary N) is 1. The number of amides is 2. The van der Waals surface area contributed by atoms with E-state index >= 15 is 0 Å². The fraction of sp³-hybridized carbons (Fsp3) is 0.286. The van der Waals surface area contributed by atoms with Crippen molar-refractivity contribution >= 4 is 23.2 Å². The Morgan fingerprint density at radius 1 is 1.21 bits per heavy atom. The molecule has 0 unspecified atom stereocenters. The second kappa shape index (κ2) is 8.48. The van der Waals surface area contributed by atoms with Gasteiger partial charge in [-0.3, -0.25) is 9.59 Å². The average molecular weight is 411 g/mol. The number of likely N-dealkylation sites (tertiary alicyclic amines) is 1. The zero-order valence-corrected chi connectivity index (χ0v) is 16.8. The van der Waals surface area contributed by atoms with Crippen molar-refractivity contribution in [1.82, 2.24) is 15.2 Å². The van der Waals surface area contributed by atoms with E-state index in [0.717, 1.165) is 16.3 Å². The molecule has 0 spiro atoms. The summed E-state index contributed by atoms with van der Waals surface area (Å²) in [6.07, 6.45) is 2.90. The molecule has 1 saturated heterocycles. The highest BCUT2D eigenvalue weighted by Gasteiger charge is 2.26. The number of nitrogens with zero attached hydrogens (tertiary/aromatic N) is 2. The largest absolute Gasteiger partial charge is 0.497 e. The van der Waals surface area contributed by atoms with Crippen LogP contribution < -0.4 is 10.1 Å². The van der Waals surface area contributed by atoms with Gasteiger partial charge in [0.15, 0.2) is 5.76 Å². The van der Waals surface area contributed by atoms with Gasteiger partial charge in [0.25, 0.3) is 11.8 Å². The number of carbonyl (C=O) groups excluding carboxylic acids is 2. The minimum atomic E-state index is -0.183. The van der Waals surface area contributed by atoms with E-state index in [1.165, 1.54) is 17.6 Å². The predicted molar refractivity (Wildman–Crippen MR) is 109 cm³/mol. The van der Waals surface area contributed by atoms with E-state index in [1.807, 2.05) is 24.3 Å². The third-order valence-corrected chi connectivity index (χ3v) is 5.81. The number of carbonyl (C=O) groups is 2. The van der Waals surface area contributed by atoms with E-state index < -0.39 is 0 Å². The Morgan fingerprint density at radius 3 is 2.62 bits per heavy atom. The van der Waals surface area contributed by atoms with E-state index in [0.29, 0.717) is 37.4 Å². The van der Waals surface area contributed by atoms with Crippen LogP contribution in [0.4, 0.5) is 0 Å². The van der Waals surface area contributed by atoms with Crippen LogP contribution in [0.2, 0.25) is 0 Å². The molecule has 8 heteroatoms. The van der Waals surface area contributed by atoms with Gasteiger partial charge in [-0.25, -0.2) is 4.98 Å². The van der Waals surface area contributed by atoms with Crippen molar-refractivity contribution in [2.24, 2.45) is 0 Å². The monoisotopic (exact) mass is 411 g/mol. The highest BCUT2D eigenvalue weighted by Crippen LogP contribution is 2.26. The summed E-state index contributed by atoms with van der Waals surface area (Å²) >= 11 is 1.43. The maximum Gasteiger partial charge on any atom is 0.289 e. The lowest BCUT2D eigenvalue weighted by Crippen LogP contribution is -2.46. The van der Waals surface area contributed by atoms with Crippen LogP contribution in [0.3, 0.4) is 0 Å². The first-order valence-corrected chi connectivity index (χ1v) is 10.3. The molecule has 2 aromatic heterocycles. The fourth-order valence-corrected chi connectivity index (χ4v) is 4.09. The number of benzene rings is 1. The molecular formula is C21H21N3O4S. The molecule has 4 rings (SSSR count). The molecule has 2 amide bonds. The molecule has 0 bridgehead atoms.